The molecule has 2 aliphatic rings. The van der Waals surface area contributed by atoms with Crippen LogP contribution in [-0.4, -0.2) is 56.6 Å². The Labute approximate surface area is 121 Å². The third-order valence-electron chi connectivity index (χ3n) is 4.41. The van der Waals surface area contributed by atoms with Crippen LogP contribution in [0.3, 0.4) is 0 Å². The number of carbonyl (C=O) groups excluding carboxylic acids is 1. The first-order valence-electron chi connectivity index (χ1n) is 7.43. The summed E-state index contributed by atoms with van der Waals surface area (Å²) in [6.45, 7) is 6.42. The molecule has 2 fully saturated rings. The molecule has 116 valence electrons. The van der Waals surface area contributed by atoms with Gasteiger partial charge in [-0.05, 0) is 32.2 Å². The Morgan fingerprint density at radius 2 is 1.95 bits per heavy atom. The predicted molar refractivity (Wildman–Crippen MR) is 77.7 cm³/mol. The maximum absolute atomic E-state index is 12.2. The number of hydrogen-bond donors (Lipinski definition) is 2. The van der Waals surface area contributed by atoms with Gasteiger partial charge in [-0.3, -0.25) is 4.79 Å². The lowest BCUT2D eigenvalue weighted by Crippen LogP contribution is -2.48. The lowest BCUT2D eigenvalue weighted by molar-refractivity contribution is -0.126. The molecule has 2 N–H and O–H groups in total. The van der Waals surface area contributed by atoms with Crippen molar-refractivity contribution in [3.8, 4) is 0 Å². The highest BCUT2D eigenvalue weighted by Gasteiger charge is 2.32. The molecular formula is C13H25N3O3S. The second-order valence-corrected chi connectivity index (χ2v) is 8.08. The van der Waals surface area contributed by atoms with Crippen molar-refractivity contribution in [2.45, 2.75) is 32.7 Å². The van der Waals surface area contributed by atoms with Gasteiger partial charge in [0.15, 0.2) is 0 Å². The Morgan fingerprint density at radius 3 is 2.45 bits per heavy atom. The molecule has 0 spiro atoms. The fraction of sp³-hybridized carbons (Fsp3) is 0.923. The van der Waals surface area contributed by atoms with Crippen molar-refractivity contribution in [2.75, 3.05) is 31.9 Å². The molecule has 20 heavy (non-hydrogen) atoms. The van der Waals surface area contributed by atoms with Crippen molar-refractivity contribution in [3.05, 3.63) is 0 Å². The van der Waals surface area contributed by atoms with Gasteiger partial charge in [0.25, 0.3) is 0 Å². The van der Waals surface area contributed by atoms with Crippen LogP contribution in [-0.2, 0) is 14.8 Å². The average Bonchev–Trinajstić information content (AvgIpc) is 2.85. The van der Waals surface area contributed by atoms with Crippen LogP contribution in [0, 0.1) is 11.8 Å². The Morgan fingerprint density at radius 1 is 1.30 bits per heavy atom. The van der Waals surface area contributed by atoms with Gasteiger partial charge in [0.05, 0.1) is 11.7 Å². The van der Waals surface area contributed by atoms with E-state index in [1.54, 1.807) is 6.92 Å². The molecule has 2 aliphatic heterocycles. The van der Waals surface area contributed by atoms with Crippen molar-refractivity contribution < 1.29 is 13.2 Å². The van der Waals surface area contributed by atoms with Gasteiger partial charge in [-0.1, -0.05) is 6.92 Å². The lowest BCUT2D eigenvalue weighted by atomic mass is 9.96. The summed E-state index contributed by atoms with van der Waals surface area (Å²) in [7, 11) is -3.09. The first-order valence-corrected chi connectivity index (χ1v) is 9.04. The van der Waals surface area contributed by atoms with E-state index in [1.165, 1.54) is 4.31 Å². The zero-order valence-electron chi connectivity index (χ0n) is 12.3. The molecule has 2 rings (SSSR count). The van der Waals surface area contributed by atoms with Crippen LogP contribution in [0.4, 0.5) is 0 Å². The molecule has 2 unspecified atom stereocenters. The maximum Gasteiger partial charge on any atom is 0.224 e. The Bertz CT molecular complexity index is 444. The smallest absolute Gasteiger partial charge is 0.224 e. The predicted octanol–water partition coefficient (Wildman–Crippen LogP) is -0.228. The van der Waals surface area contributed by atoms with Gasteiger partial charge in [0.2, 0.25) is 15.9 Å². The minimum absolute atomic E-state index is 0.0485. The van der Waals surface area contributed by atoms with E-state index in [4.69, 9.17) is 0 Å². The van der Waals surface area contributed by atoms with Crippen molar-refractivity contribution >= 4 is 15.9 Å². The zero-order valence-corrected chi connectivity index (χ0v) is 13.1. The first kappa shape index (κ1) is 15.7. The number of nitrogens with one attached hydrogen (secondary N) is 2. The Balaban J connectivity index is 1.81. The highest BCUT2D eigenvalue weighted by Crippen LogP contribution is 2.18. The summed E-state index contributed by atoms with van der Waals surface area (Å²) in [6.07, 6.45) is 1.42. The maximum atomic E-state index is 12.2. The van der Waals surface area contributed by atoms with Gasteiger partial charge < -0.3 is 10.6 Å². The van der Waals surface area contributed by atoms with E-state index in [0.29, 0.717) is 31.8 Å². The molecule has 0 aliphatic carbocycles. The number of nitrogens with zero attached hydrogens (tertiary/aromatic N) is 1. The van der Waals surface area contributed by atoms with E-state index in [0.717, 1.165) is 13.1 Å². The SMILES string of the molecule is CCS(=O)(=O)N1CCC(NC(=O)C2CNCC2C)CC1. The van der Waals surface area contributed by atoms with E-state index in [9.17, 15) is 13.2 Å². The topological polar surface area (TPSA) is 78.5 Å². The second-order valence-electron chi connectivity index (χ2n) is 5.82. The highest BCUT2D eigenvalue weighted by molar-refractivity contribution is 7.89. The van der Waals surface area contributed by atoms with Crippen LogP contribution < -0.4 is 10.6 Å². The van der Waals surface area contributed by atoms with Crippen molar-refractivity contribution in [1.29, 1.82) is 0 Å². The van der Waals surface area contributed by atoms with E-state index in [2.05, 4.69) is 17.6 Å². The molecule has 0 saturated carbocycles. The van der Waals surface area contributed by atoms with E-state index < -0.39 is 10.0 Å². The van der Waals surface area contributed by atoms with Gasteiger partial charge in [0, 0.05) is 25.7 Å². The van der Waals surface area contributed by atoms with E-state index >= 15 is 0 Å². The van der Waals surface area contributed by atoms with Crippen LogP contribution >= 0.6 is 0 Å². The van der Waals surface area contributed by atoms with E-state index in [1.807, 2.05) is 0 Å². The van der Waals surface area contributed by atoms with Crippen LogP contribution in [0.2, 0.25) is 0 Å². The monoisotopic (exact) mass is 303 g/mol. The van der Waals surface area contributed by atoms with Gasteiger partial charge in [-0.15, -0.1) is 0 Å². The van der Waals surface area contributed by atoms with Gasteiger partial charge in [0.1, 0.15) is 0 Å². The van der Waals surface area contributed by atoms with Gasteiger partial charge >= 0.3 is 0 Å². The zero-order chi connectivity index (χ0) is 14.8. The molecule has 1 amide bonds. The Hall–Kier alpha value is -0.660. The fourth-order valence-corrected chi connectivity index (χ4v) is 4.06. The van der Waals surface area contributed by atoms with Crippen LogP contribution in [0.15, 0.2) is 0 Å². The lowest BCUT2D eigenvalue weighted by Gasteiger charge is -2.32. The molecule has 2 heterocycles. The Kier molecular flexibility index (Phi) is 5.04. The molecule has 0 bridgehead atoms. The number of sulfonamides is 1. The molecular weight excluding hydrogens is 278 g/mol. The molecule has 0 aromatic carbocycles. The van der Waals surface area contributed by atoms with Crippen LogP contribution in [0.5, 0.6) is 0 Å². The van der Waals surface area contributed by atoms with Crippen molar-refractivity contribution in [3.63, 3.8) is 0 Å². The first-order chi connectivity index (χ1) is 9.44. The third-order valence-corrected chi connectivity index (χ3v) is 6.29. The minimum Gasteiger partial charge on any atom is -0.353 e. The van der Waals surface area contributed by atoms with Crippen LogP contribution in [0.1, 0.15) is 26.7 Å². The quantitative estimate of drug-likeness (QED) is 0.752. The number of carbonyl (C=O) groups is 1. The number of piperidine rings is 1. The highest BCUT2D eigenvalue weighted by atomic mass is 32.2. The molecule has 0 radical (unpaired) electrons. The van der Waals surface area contributed by atoms with E-state index in [-0.39, 0.29) is 23.6 Å². The summed E-state index contributed by atoms with van der Waals surface area (Å²) >= 11 is 0. The summed E-state index contributed by atoms with van der Waals surface area (Å²) in [4.78, 5) is 12.2. The average molecular weight is 303 g/mol. The van der Waals surface area contributed by atoms with Gasteiger partial charge in [-0.2, -0.15) is 0 Å². The fourth-order valence-electron chi connectivity index (χ4n) is 2.93. The molecule has 6 nitrogen and oxygen atoms in total. The molecule has 0 aromatic rings. The van der Waals surface area contributed by atoms with Crippen LogP contribution in [0.25, 0.3) is 0 Å². The molecule has 7 heteroatoms. The minimum atomic E-state index is -3.09. The second kappa shape index (κ2) is 6.41. The standard InChI is InChI=1S/C13H25N3O3S/c1-3-20(18,19)16-6-4-11(5-7-16)15-13(17)12-9-14-8-10(12)2/h10-12,14H,3-9H2,1-2H3,(H,15,17). The summed E-state index contributed by atoms with van der Waals surface area (Å²) in [5, 5.41) is 6.31. The van der Waals surface area contributed by atoms with Crippen molar-refractivity contribution in [1.82, 2.24) is 14.9 Å². The molecule has 0 aromatic heterocycles. The summed E-state index contributed by atoms with van der Waals surface area (Å²) < 4.78 is 25.1. The summed E-state index contributed by atoms with van der Waals surface area (Å²) in [5.74, 6) is 0.678. The third kappa shape index (κ3) is 3.51. The van der Waals surface area contributed by atoms with Gasteiger partial charge in [-0.25, -0.2) is 12.7 Å². The number of rotatable bonds is 4. The normalized spacial score (nSPS) is 29.5. The summed E-state index contributed by atoms with van der Waals surface area (Å²) in [5.41, 5.74) is 0. The number of amides is 1. The molecule has 2 saturated heterocycles. The van der Waals surface area contributed by atoms with Crippen molar-refractivity contribution in [2.24, 2.45) is 11.8 Å². The number of hydrogen-bond acceptors (Lipinski definition) is 4. The summed E-state index contributed by atoms with van der Waals surface area (Å²) in [6, 6.07) is 0.110. The largest absolute Gasteiger partial charge is 0.353 e. The molecule has 2 atom stereocenters.